The van der Waals surface area contributed by atoms with Crippen molar-refractivity contribution in [1.82, 2.24) is 0 Å². The minimum atomic E-state index is -0.607. The van der Waals surface area contributed by atoms with E-state index in [0.29, 0.717) is 16.9 Å². The number of carbonyl (C=O) groups excluding carboxylic acids is 4. The molecular formula is C26H28O9. The molecule has 0 bridgehead atoms. The maximum Gasteiger partial charge on any atom is 0.330 e. The Morgan fingerprint density at radius 2 is 1.20 bits per heavy atom. The first-order chi connectivity index (χ1) is 17.0. The van der Waals surface area contributed by atoms with Crippen molar-refractivity contribution < 1.29 is 42.9 Å². The van der Waals surface area contributed by atoms with Gasteiger partial charge in [0.15, 0.2) is 5.78 Å². The Morgan fingerprint density at radius 3 is 1.83 bits per heavy atom. The molecule has 186 valence electrons. The van der Waals surface area contributed by atoms with E-state index in [2.05, 4.69) is 11.3 Å². The number of esters is 3. The lowest BCUT2D eigenvalue weighted by atomic mass is 10.0. The Morgan fingerprint density at radius 1 is 0.657 bits per heavy atom. The first-order valence-corrected chi connectivity index (χ1v) is 11.0. The van der Waals surface area contributed by atoms with Gasteiger partial charge in [0.25, 0.3) is 0 Å². The number of hydrogen-bond acceptors (Lipinski definition) is 9. The van der Waals surface area contributed by atoms with Crippen molar-refractivity contribution in [1.29, 1.82) is 0 Å². The summed E-state index contributed by atoms with van der Waals surface area (Å²) in [4.78, 5) is 46.3. The molecule has 0 radical (unpaired) electrons. The second kappa shape index (κ2) is 15.8. The second-order valence-electron chi connectivity index (χ2n) is 6.99. The van der Waals surface area contributed by atoms with E-state index in [1.54, 1.807) is 36.4 Å². The summed E-state index contributed by atoms with van der Waals surface area (Å²) >= 11 is 0. The molecule has 0 fully saturated rings. The van der Waals surface area contributed by atoms with Gasteiger partial charge in [-0.2, -0.15) is 0 Å². The lowest BCUT2D eigenvalue weighted by Crippen LogP contribution is -2.16. The van der Waals surface area contributed by atoms with Gasteiger partial charge in [-0.15, -0.1) is 0 Å². The van der Waals surface area contributed by atoms with Crippen LogP contribution in [0.5, 0.6) is 5.75 Å². The summed E-state index contributed by atoms with van der Waals surface area (Å²) in [6, 6.07) is 15.9. The van der Waals surface area contributed by atoms with E-state index in [1.807, 2.05) is 18.2 Å². The molecule has 35 heavy (non-hydrogen) atoms. The number of carbonyl (C=O) groups is 4. The van der Waals surface area contributed by atoms with Crippen LogP contribution < -0.4 is 4.74 Å². The molecule has 0 saturated heterocycles. The highest BCUT2D eigenvalue weighted by Crippen LogP contribution is 2.15. The van der Waals surface area contributed by atoms with E-state index in [1.165, 1.54) is 0 Å². The first-order valence-electron chi connectivity index (χ1n) is 11.0. The zero-order chi connectivity index (χ0) is 25.3. The van der Waals surface area contributed by atoms with Gasteiger partial charge in [0.2, 0.25) is 0 Å². The fraction of sp³-hybridized carbons (Fsp3) is 0.308. The largest absolute Gasteiger partial charge is 0.491 e. The predicted octanol–water partition coefficient (Wildman–Crippen LogP) is 2.91. The van der Waals surface area contributed by atoms with Crippen LogP contribution in [-0.4, -0.2) is 63.3 Å². The van der Waals surface area contributed by atoms with E-state index in [9.17, 15) is 19.2 Å². The van der Waals surface area contributed by atoms with Crippen molar-refractivity contribution in [3.63, 3.8) is 0 Å². The zero-order valence-electron chi connectivity index (χ0n) is 19.3. The van der Waals surface area contributed by atoms with E-state index in [4.69, 9.17) is 18.9 Å². The standard InChI is InChI=1S/C26H28O9/c1-2-23(27)33-18-19-35-25(29)13-12-24(28)34-17-15-31-14-16-32-22-10-8-21(9-11-22)26(30)20-6-4-3-5-7-20/h2-11H,1,12-19H2. The van der Waals surface area contributed by atoms with Gasteiger partial charge in [-0.25, -0.2) is 4.79 Å². The highest BCUT2D eigenvalue weighted by Gasteiger charge is 2.10. The Balaban J connectivity index is 1.49. The van der Waals surface area contributed by atoms with E-state index in [-0.39, 0.29) is 58.3 Å². The number of rotatable bonds is 16. The summed E-state index contributed by atoms with van der Waals surface area (Å²) in [5.41, 5.74) is 1.20. The molecule has 0 atom stereocenters. The van der Waals surface area contributed by atoms with Crippen molar-refractivity contribution >= 4 is 23.7 Å². The molecule has 2 aromatic rings. The maximum atomic E-state index is 12.4. The van der Waals surface area contributed by atoms with Crippen molar-refractivity contribution in [2.24, 2.45) is 0 Å². The molecule has 9 heteroatoms. The molecule has 0 aliphatic carbocycles. The number of ketones is 1. The maximum absolute atomic E-state index is 12.4. The molecule has 0 amide bonds. The van der Waals surface area contributed by atoms with Crippen molar-refractivity contribution in [2.75, 3.05) is 39.6 Å². The van der Waals surface area contributed by atoms with Gasteiger partial charge in [0.05, 0.1) is 26.1 Å². The van der Waals surface area contributed by atoms with Gasteiger partial charge in [-0.3, -0.25) is 14.4 Å². The molecule has 2 aromatic carbocycles. The first kappa shape index (κ1) is 27.3. The molecule has 0 aliphatic heterocycles. The van der Waals surface area contributed by atoms with Crippen molar-refractivity contribution in [2.45, 2.75) is 12.8 Å². The molecule has 0 N–H and O–H groups in total. The lowest BCUT2D eigenvalue weighted by Gasteiger charge is -2.09. The minimum absolute atomic E-state index is 0.0433. The molecule has 2 rings (SSSR count). The third-order valence-electron chi connectivity index (χ3n) is 4.43. The predicted molar refractivity (Wildman–Crippen MR) is 125 cm³/mol. The van der Waals surface area contributed by atoms with Crippen molar-refractivity contribution in [3.05, 3.63) is 78.4 Å². The summed E-state index contributed by atoms with van der Waals surface area (Å²) in [5, 5.41) is 0. The van der Waals surface area contributed by atoms with E-state index in [0.717, 1.165) is 6.08 Å². The smallest absolute Gasteiger partial charge is 0.330 e. The Kier molecular flexibility index (Phi) is 12.3. The topological polar surface area (TPSA) is 114 Å². The van der Waals surface area contributed by atoms with Crippen molar-refractivity contribution in [3.8, 4) is 5.75 Å². The number of benzene rings is 2. The summed E-state index contributed by atoms with van der Waals surface area (Å²) in [5.74, 6) is -1.20. The Bertz CT molecular complexity index is 968. The average Bonchev–Trinajstić information content (AvgIpc) is 2.89. The molecule has 0 aliphatic rings. The zero-order valence-corrected chi connectivity index (χ0v) is 19.3. The molecule has 0 saturated carbocycles. The fourth-order valence-electron chi connectivity index (χ4n) is 2.70. The summed E-state index contributed by atoms with van der Waals surface area (Å²) in [7, 11) is 0. The van der Waals surface area contributed by atoms with Crippen LogP contribution in [0.15, 0.2) is 67.3 Å². The van der Waals surface area contributed by atoms with Gasteiger partial charge in [0, 0.05) is 17.2 Å². The Labute approximate surface area is 203 Å². The van der Waals surface area contributed by atoms with Gasteiger partial charge < -0.3 is 23.7 Å². The van der Waals surface area contributed by atoms with Gasteiger partial charge >= 0.3 is 17.9 Å². The lowest BCUT2D eigenvalue weighted by molar-refractivity contribution is -0.153. The molecule has 0 aromatic heterocycles. The highest BCUT2D eigenvalue weighted by atomic mass is 16.6. The van der Waals surface area contributed by atoms with E-state index < -0.39 is 17.9 Å². The van der Waals surface area contributed by atoms with Crippen LogP contribution in [0.1, 0.15) is 28.8 Å². The van der Waals surface area contributed by atoms with Gasteiger partial charge in [0.1, 0.15) is 32.2 Å². The number of hydrogen-bond donors (Lipinski definition) is 0. The molecule has 0 heterocycles. The molecule has 0 spiro atoms. The average molecular weight is 485 g/mol. The van der Waals surface area contributed by atoms with Gasteiger partial charge in [-0.05, 0) is 24.3 Å². The summed E-state index contributed by atoms with van der Waals surface area (Å²) in [6.45, 7) is 3.85. The van der Waals surface area contributed by atoms with Crippen LogP contribution in [0.3, 0.4) is 0 Å². The van der Waals surface area contributed by atoms with Crippen LogP contribution in [0, 0.1) is 0 Å². The fourth-order valence-corrected chi connectivity index (χ4v) is 2.70. The normalized spacial score (nSPS) is 10.2. The van der Waals surface area contributed by atoms with Gasteiger partial charge in [-0.1, -0.05) is 36.9 Å². The van der Waals surface area contributed by atoms with E-state index >= 15 is 0 Å². The minimum Gasteiger partial charge on any atom is -0.491 e. The van der Waals surface area contributed by atoms with Crippen LogP contribution >= 0.6 is 0 Å². The third-order valence-corrected chi connectivity index (χ3v) is 4.43. The monoisotopic (exact) mass is 484 g/mol. The van der Waals surface area contributed by atoms with Crippen LogP contribution in [0.25, 0.3) is 0 Å². The van der Waals surface area contributed by atoms with Crippen LogP contribution in [-0.2, 0) is 33.3 Å². The second-order valence-corrected chi connectivity index (χ2v) is 6.99. The number of ether oxygens (including phenoxy) is 5. The van der Waals surface area contributed by atoms with Crippen LogP contribution in [0.2, 0.25) is 0 Å². The summed E-state index contributed by atoms with van der Waals surface area (Å²) < 4.78 is 25.4. The van der Waals surface area contributed by atoms with Crippen LogP contribution in [0.4, 0.5) is 0 Å². The molecular weight excluding hydrogens is 456 g/mol. The molecule has 9 nitrogen and oxygen atoms in total. The summed E-state index contributed by atoms with van der Waals surface area (Å²) in [6.07, 6.45) is 0.736. The Hall–Kier alpha value is -3.98. The molecule has 0 unspecified atom stereocenters. The SMILES string of the molecule is C=CC(=O)OCCOC(=O)CCC(=O)OCCOCCOc1ccc(C(=O)c2ccccc2)cc1. The quantitative estimate of drug-likeness (QED) is 0.117. The highest BCUT2D eigenvalue weighted by molar-refractivity contribution is 6.08. The third kappa shape index (κ3) is 11.1.